The van der Waals surface area contributed by atoms with Gasteiger partial charge in [0.2, 0.25) is 0 Å². The number of hydrogen-bond donors (Lipinski definition) is 2. The summed E-state index contributed by atoms with van der Waals surface area (Å²) in [6, 6.07) is 17.5. The van der Waals surface area contributed by atoms with Crippen molar-refractivity contribution in [2.75, 3.05) is 26.4 Å². The molecule has 0 unspecified atom stereocenters. The molecule has 4 nitrogen and oxygen atoms in total. The van der Waals surface area contributed by atoms with E-state index in [-0.39, 0.29) is 12.5 Å². The summed E-state index contributed by atoms with van der Waals surface area (Å²) in [7, 11) is 0. The number of amides is 1. The average molecular weight is 299 g/mol. The van der Waals surface area contributed by atoms with Crippen LogP contribution in [0.25, 0.3) is 11.1 Å². The Morgan fingerprint density at radius 3 is 2.50 bits per heavy atom. The van der Waals surface area contributed by atoms with Gasteiger partial charge in [0.25, 0.3) is 5.91 Å². The van der Waals surface area contributed by atoms with Crippen LogP contribution in [0.3, 0.4) is 0 Å². The minimum absolute atomic E-state index is 0.0246. The normalized spacial score (nSPS) is 10.4. The standard InChI is InChI=1S/C18H21NO3/c20-12-14-22-13-6-11-19-18(21)17-10-5-4-9-16(17)15-7-2-1-3-8-15/h1-5,7-10,20H,6,11-14H2,(H,19,21). The molecular formula is C18H21NO3. The van der Waals surface area contributed by atoms with Gasteiger partial charge in [-0.25, -0.2) is 0 Å². The van der Waals surface area contributed by atoms with E-state index in [2.05, 4.69) is 5.32 Å². The van der Waals surface area contributed by atoms with E-state index in [4.69, 9.17) is 9.84 Å². The summed E-state index contributed by atoms with van der Waals surface area (Å²) in [5.74, 6) is -0.0818. The number of aliphatic hydroxyl groups is 1. The molecule has 0 bridgehead atoms. The molecule has 4 heteroatoms. The fourth-order valence-corrected chi connectivity index (χ4v) is 2.19. The van der Waals surface area contributed by atoms with Crippen molar-refractivity contribution in [1.82, 2.24) is 5.32 Å². The summed E-state index contributed by atoms with van der Waals surface area (Å²) in [6.07, 6.45) is 0.721. The van der Waals surface area contributed by atoms with Gasteiger partial charge < -0.3 is 15.2 Å². The van der Waals surface area contributed by atoms with Gasteiger partial charge in [-0.3, -0.25) is 4.79 Å². The highest BCUT2D eigenvalue weighted by molar-refractivity contribution is 6.00. The van der Waals surface area contributed by atoms with Gasteiger partial charge in [-0.2, -0.15) is 0 Å². The zero-order valence-electron chi connectivity index (χ0n) is 12.5. The van der Waals surface area contributed by atoms with Crippen molar-refractivity contribution in [3.63, 3.8) is 0 Å². The molecule has 0 saturated carbocycles. The molecule has 22 heavy (non-hydrogen) atoms. The zero-order chi connectivity index (χ0) is 15.6. The summed E-state index contributed by atoms with van der Waals surface area (Å²) in [5.41, 5.74) is 2.63. The maximum Gasteiger partial charge on any atom is 0.251 e. The van der Waals surface area contributed by atoms with Crippen molar-refractivity contribution in [2.45, 2.75) is 6.42 Å². The molecule has 0 fully saturated rings. The molecule has 0 saturated heterocycles. The fourth-order valence-electron chi connectivity index (χ4n) is 2.19. The van der Waals surface area contributed by atoms with Crippen LogP contribution < -0.4 is 5.32 Å². The molecular weight excluding hydrogens is 278 g/mol. The smallest absolute Gasteiger partial charge is 0.251 e. The largest absolute Gasteiger partial charge is 0.394 e. The van der Waals surface area contributed by atoms with Crippen LogP contribution in [0.1, 0.15) is 16.8 Å². The van der Waals surface area contributed by atoms with Crippen molar-refractivity contribution >= 4 is 5.91 Å². The first-order chi connectivity index (χ1) is 10.8. The molecule has 0 heterocycles. The predicted molar refractivity (Wildman–Crippen MR) is 86.7 cm³/mol. The predicted octanol–water partition coefficient (Wildman–Crippen LogP) is 2.48. The van der Waals surface area contributed by atoms with Crippen molar-refractivity contribution in [1.29, 1.82) is 0 Å². The molecule has 2 aromatic rings. The van der Waals surface area contributed by atoms with Gasteiger partial charge in [-0.05, 0) is 23.6 Å². The second kappa shape index (κ2) is 8.97. The lowest BCUT2D eigenvalue weighted by Gasteiger charge is -2.10. The first-order valence-corrected chi connectivity index (χ1v) is 7.44. The van der Waals surface area contributed by atoms with Gasteiger partial charge in [-0.15, -0.1) is 0 Å². The Morgan fingerprint density at radius 2 is 1.73 bits per heavy atom. The van der Waals surface area contributed by atoms with E-state index in [1.807, 2.05) is 54.6 Å². The number of carbonyl (C=O) groups is 1. The minimum atomic E-state index is -0.0818. The molecule has 0 radical (unpaired) electrons. The summed E-state index contributed by atoms with van der Waals surface area (Å²) in [5, 5.41) is 11.5. The first kappa shape index (κ1) is 16.2. The molecule has 0 aliphatic heterocycles. The van der Waals surface area contributed by atoms with Crippen molar-refractivity contribution < 1.29 is 14.6 Å². The van der Waals surface area contributed by atoms with Crippen molar-refractivity contribution in [3.8, 4) is 11.1 Å². The molecule has 0 aliphatic rings. The van der Waals surface area contributed by atoms with E-state index >= 15 is 0 Å². The maximum atomic E-state index is 12.3. The highest BCUT2D eigenvalue weighted by Crippen LogP contribution is 2.23. The average Bonchev–Trinajstić information content (AvgIpc) is 2.58. The molecule has 0 spiro atoms. The quantitative estimate of drug-likeness (QED) is 0.736. The SMILES string of the molecule is O=C(NCCCOCCO)c1ccccc1-c1ccccc1. The highest BCUT2D eigenvalue weighted by Gasteiger charge is 2.11. The molecule has 0 atom stereocenters. The van der Waals surface area contributed by atoms with Crippen LogP contribution in [0.15, 0.2) is 54.6 Å². The summed E-state index contributed by atoms with van der Waals surface area (Å²) >= 11 is 0. The number of nitrogens with one attached hydrogen (secondary N) is 1. The second-order valence-electron chi connectivity index (χ2n) is 4.86. The van der Waals surface area contributed by atoms with Gasteiger partial charge in [0.15, 0.2) is 0 Å². The van der Waals surface area contributed by atoms with Crippen molar-refractivity contribution in [3.05, 3.63) is 60.2 Å². The number of hydrogen-bond acceptors (Lipinski definition) is 3. The Kier molecular flexibility index (Phi) is 6.61. The van der Waals surface area contributed by atoms with Crippen molar-refractivity contribution in [2.24, 2.45) is 0 Å². The van der Waals surface area contributed by atoms with Crippen LogP contribution in [-0.2, 0) is 4.74 Å². The lowest BCUT2D eigenvalue weighted by atomic mass is 9.99. The minimum Gasteiger partial charge on any atom is -0.394 e. The van der Waals surface area contributed by atoms with E-state index in [1.54, 1.807) is 0 Å². The van der Waals surface area contributed by atoms with Crippen LogP contribution in [0.5, 0.6) is 0 Å². The Labute approximate surface area is 130 Å². The van der Waals surface area contributed by atoms with Gasteiger partial charge in [0, 0.05) is 18.7 Å². The third-order valence-electron chi connectivity index (χ3n) is 3.24. The van der Waals surface area contributed by atoms with E-state index < -0.39 is 0 Å². The van der Waals surface area contributed by atoms with Gasteiger partial charge in [0.05, 0.1) is 13.2 Å². The summed E-state index contributed by atoms with van der Waals surface area (Å²) in [6.45, 7) is 1.44. The van der Waals surface area contributed by atoms with E-state index in [9.17, 15) is 4.79 Å². The number of rotatable bonds is 8. The van der Waals surface area contributed by atoms with Crippen LogP contribution in [0, 0.1) is 0 Å². The number of aliphatic hydroxyl groups excluding tert-OH is 1. The van der Waals surface area contributed by atoms with Gasteiger partial charge in [-0.1, -0.05) is 48.5 Å². The Bertz CT molecular complexity index is 584. The highest BCUT2D eigenvalue weighted by atomic mass is 16.5. The van der Waals surface area contributed by atoms with E-state index in [0.29, 0.717) is 25.3 Å². The number of carbonyl (C=O) groups excluding carboxylic acids is 1. The molecule has 116 valence electrons. The molecule has 2 N–H and O–H groups in total. The van der Waals surface area contributed by atoms with Crippen LogP contribution in [-0.4, -0.2) is 37.4 Å². The third-order valence-corrected chi connectivity index (χ3v) is 3.24. The molecule has 1 amide bonds. The number of ether oxygens (including phenoxy) is 1. The van der Waals surface area contributed by atoms with Crippen LogP contribution in [0.2, 0.25) is 0 Å². The lowest BCUT2D eigenvalue weighted by Crippen LogP contribution is -2.25. The topological polar surface area (TPSA) is 58.6 Å². The van der Waals surface area contributed by atoms with Crippen LogP contribution >= 0.6 is 0 Å². The maximum absolute atomic E-state index is 12.3. The fraction of sp³-hybridized carbons (Fsp3) is 0.278. The van der Waals surface area contributed by atoms with E-state index in [0.717, 1.165) is 17.5 Å². The molecule has 0 aromatic heterocycles. The number of benzene rings is 2. The molecule has 0 aliphatic carbocycles. The van der Waals surface area contributed by atoms with Crippen LogP contribution in [0.4, 0.5) is 0 Å². The molecule has 2 rings (SSSR count). The second-order valence-corrected chi connectivity index (χ2v) is 4.86. The first-order valence-electron chi connectivity index (χ1n) is 7.44. The Hall–Kier alpha value is -2.17. The Morgan fingerprint density at radius 1 is 1.00 bits per heavy atom. The third kappa shape index (κ3) is 4.69. The van der Waals surface area contributed by atoms with Gasteiger partial charge >= 0.3 is 0 Å². The monoisotopic (exact) mass is 299 g/mol. The van der Waals surface area contributed by atoms with E-state index in [1.165, 1.54) is 0 Å². The molecule has 2 aromatic carbocycles. The Balaban J connectivity index is 1.96. The summed E-state index contributed by atoms with van der Waals surface area (Å²) in [4.78, 5) is 12.3. The lowest BCUT2D eigenvalue weighted by molar-refractivity contribution is 0.0868. The van der Waals surface area contributed by atoms with Gasteiger partial charge in [0.1, 0.15) is 0 Å². The summed E-state index contributed by atoms with van der Waals surface area (Å²) < 4.78 is 5.16. The zero-order valence-corrected chi connectivity index (χ0v) is 12.5.